The van der Waals surface area contributed by atoms with Crippen molar-refractivity contribution in [3.63, 3.8) is 0 Å². The summed E-state index contributed by atoms with van der Waals surface area (Å²) < 4.78 is 0.751. The number of hydrogen-bond acceptors (Lipinski definition) is 2. The van der Waals surface area contributed by atoms with E-state index in [4.69, 9.17) is 10.8 Å². The standard InChI is InChI=1S/C7H16N2O2/c1-9(2,3)5-4-6(8)7(10)11/h6H,4-5,8H2,1-3H3/p+1. The molecule has 0 aromatic heterocycles. The van der Waals surface area contributed by atoms with Crippen molar-refractivity contribution < 1.29 is 14.4 Å². The molecule has 0 spiro atoms. The van der Waals surface area contributed by atoms with Crippen LogP contribution in [-0.2, 0) is 4.79 Å². The molecule has 0 aliphatic rings. The molecule has 4 heteroatoms. The lowest BCUT2D eigenvalue weighted by atomic mass is 10.2. The van der Waals surface area contributed by atoms with E-state index in [1.54, 1.807) is 0 Å². The molecule has 0 amide bonds. The largest absolute Gasteiger partial charge is 0.480 e. The van der Waals surface area contributed by atoms with Gasteiger partial charge in [0.15, 0.2) is 0 Å². The van der Waals surface area contributed by atoms with Gasteiger partial charge < -0.3 is 15.3 Å². The number of nitrogens with zero attached hydrogens (tertiary/aromatic N) is 1. The van der Waals surface area contributed by atoms with Gasteiger partial charge in [-0.05, 0) is 0 Å². The molecule has 0 fully saturated rings. The number of hydrogen-bond donors (Lipinski definition) is 2. The number of carboxylic acid groups (broad SMARTS) is 1. The molecule has 11 heavy (non-hydrogen) atoms. The summed E-state index contributed by atoms with van der Waals surface area (Å²) in [6, 6.07) is -0.715. The Bertz CT molecular complexity index is 140. The molecule has 0 aliphatic heterocycles. The molecule has 66 valence electrons. The van der Waals surface area contributed by atoms with Crippen molar-refractivity contribution in [2.75, 3.05) is 27.7 Å². The number of carboxylic acids is 1. The Morgan fingerprint density at radius 3 is 2.27 bits per heavy atom. The lowest BCUT2D eigenvalue weighted by Gasteiger charge is -2.24. The molecule has 0 aromatic rings. The number of aliphatic carboxylic acids is 1. The molecule has 0 bridgehead atoms. The van der Waals surface area contributed by atoms with Gasteiger partial charge in [0.2, 0.25) is 0 Å². The molecule has 0 rings (SSSR count). The number of quaternary nitrogens is 1. The molecular weight excluding hydrogens is 144 g/mol. The van der Waals surface area contributed by atoms with Crippen molar-refractivity contribution >= 4 is 5.97 Å². The van der Waals surface area contributed by atoms with Crippen LogP contribution >= 0.6 is 0 Å². The van der Waals surface area contributed by atoms with Crippen LogP contribution < -0.4 is 5.73 Å². The summed E-state index contributed by atoms with van der Waals surface area (Å²) in [5.41, 5.74) is 5.31. The van der Waals surface area contributed by atoms with Crippen LogP contribution in [0.3, 0.4) is 0 Å². The van der Waals surface area contributed by atoms with Crippen LogP contribution in [0, 0.1) is 0 Å². The van der Waals surface area contributed by atoms with Gasteiger partial charge in [0, 0.05) is 6.42 Å². The Morgan fingerprint density at radius 1 is 1.55 bits per heavy atom. The van der Waals surface area contributed by atoms with E-state index in [9.17, 15) is 4.79 Å². The number of rotatable bonds is 4. The molecule has 1 unspecified atom stereocenters. The maximum atomic E-state index is 10.3. The fraction of sp³-hybridized carbons (Fsp3) is 0.857. The lowest BCUT2D eigenvalue weighted by molar-refractivity contribution is -0.870. The molecule has 0 aromatic carbocycles. The van der Waals surface area contributed by atoms with Gasteiger partial charge in [0.05, 0.1) is 27.7 Å². The van der Waals surface area contributed by atoms with Gasteiger partial charge in [-0.25, -0.2) is 0 Å². The van der Waals surface area contributed by atoms with Crippen molar-refractivity contribution in [3.05, 3.63) is 0 Å². The number of carbonyl (C=O) groups is 1. The SMILES string of the molecule is C[N+](C)(C)CCC(N)C(=O)O. The maximum Gasteiger partial charge on any atom is 0.320 e. The first-order valence-corrected chi connectivity index (χ1v) is 3.62. The van der Waals surface area contributed by atoms with Crippen LogP contribution in [0.4, 0.5) is 0 Å². The third kappa shape index (κ3) is 5.82. The van der Waals surface area contributed by atoms with Crippen molar-refractivity contribution in [1.82, 2.24) is 0 Å². The third-order valence-corrected chi connectivity index (χ3v) is 1.43. The Balaban J connectivity index is 3.63. The van der Waals surface area contributed by atoms with Gasteiger partial charge in [0.25, 0.3) is 0 Å². The lowest BCUT2D eigenvalue weighted by Crippen LogP contribution is -2.41. The van der Waals surface area contributed by atoms with E-state index in [1.165, 1.54) is 0 Å². The average molecular weight is 161 g/mol. The molecule has 0 heterocycles. The predicted molar refractivity (Wildman–Crippen MR) is 43.1 cm³/mol. The highest BCUT2D eigenvalue weighted by atomic mass is 16.4. The second-order valence-electron chi connectivity index (χ2n) is 3.75. The first kappa shape index (κ1) is 10.4. The maximum absolute atomic E-state index is 10.3. The Morgan fingerprint density at radius 2 is 2.00 bits per heavy atom. The highest BCUT2D eigenvalue weighted by Crippen LogP contribution is 1.96. The minimum absolute atomic E-state index is 0.527. The summed E-state index contributed by atoms with van der Waals surface area (Å²) >= 11 is 0. The highest BCUT2D eigenvalue weighted by Gasteiger charge is 2.15. The van der Waals surface area contributed by atoms with Crippen molar-refractivity contribution in [2.24, 2.45) is 5.73 Å². The third-order valence-electron chi connectivity index (χ3n) is 1.43. The zero-order chi connectivity index (χ0) is 9.07. The van der Waals surface area contributed by atoms with Gasteiger partial charge >= 0.3 is 5.97 Å². The fourth-order valence-electron chi connectivity index (χ4n) is 0.650. The highest BCUT2D eigenvalue weighted by molar-refractivity contribution is 5.72. The van der Waals surface area contributed by atoms with Crippen LogP contribution in [0.15, 0.2) is 0 Å². The van der Waals surface area contributed by atoms with Gasteiger partial charge in [-0.3, -0.25) is 4.79 Å². The van der Waals surface area contributed by atoms with Crippen LogP contribution in [0.25, 0.3) is 0 Å². The first-order valence-electron chi connectivity index (χ1n) is 3.62. The molecule has 3 N–H and O–H groups in total. The summed E-state index contributed by atoms with van der Waals surface area (Å²) in [7, 11) is 6.03. The molecule has 0 aliphatic carbocycles. The minimum Gasteiger partial charge on any atom is -0.480 e. The van der Waals surface area contributed by atoms with E-state index in [-0.39, 0.29) is 0 Å². The van der Waals surface area contributed by atoms with Crippen LogP contribution in [0.1, 0.15) is 6.42 Å². The van der Waals surface area contributed by atoms with E-state index >= 15 is 0 Å². The topological polar surface area (TPSA) is 63.3 Å². The van der Waals surface area contributed by atoms with Gasteiger partial charge in [0.1, 0.15) is 6.04 Å². The van der Waals surface area contributed by atoms with E-state index < -0.39 is 12.0 Å². The zero-order valence-corrected chi connectivity index (χ0v) is 7.37. The summed E-state index contributed by atoms with van der Waals surface area (Å²) in [5.74, 6) is -0.918. The smallest absolute Gasteiger partial charge is 0.320 e. The Labute approximate surface area is 67.2 Å². The van der Waals surface area contributed by atoms with Gasteiger partial charge in [-0.1, -0.05) is 0 Å². The average Bonchev–Trinajstić information content (AvgIpc) is 1.80. The zero-order valence-electron chi connectivity index (χ0n) is 7.37. The molecule has 4 nitrogen and oxygen atoms in total. The van der Waals surface area contributed by atoms with E-state index in [1.807, 2.05) is 21.1 Å². The summed E-state index contributed by atoms with van der Waals surface area (Å²) in [5, 5.41) is 8.45. The second kappa shape index (κ2) is 3.69. The molecule has 0 saturated heterocycles. The van der Waals surface area contributed by atoms with Gasteiger partial charge in [-0.2, -0.15) is 0 Å². The quantitative estimate of drug-likeness (QED) is 0.546. The Hall–Kier alpha value is -0.610. The van der Waals surface area contributed by atoms with Gasteiger partial charge in [-0.15, -0.1) is 0 Å². The van der Waals surface area contributed by atoms with Crippen LogP contribution in [-0.4, -0.2) is 49.3 Å². The fourth-order valence-corrected chi connectivity index (χ4v) is 0.650. The molecule has 0 radical (unpaired) electrons. The summed E-state index contributed by atoms with van der Waals surface area (Å²) in [6.07, 6.45) is 0.527. The summed E-state index contributed by atoms with van der Waals surface area (Å²) in [4.78, 5) is 10.3. The van der Waals surface area contributed by atoms with Crippen LogP contribution in [0.2, 0.25) is 0 Å². The predicted octanol–water partition coefficient (Wildman–Crippen LogP) is -0.505. The van der Waals surface area contributed by atoms with Crippen molar-refractivity contribution in [2.45, 2.75) is 12.5 Å². The monoisotopic (exact) mass is 161 g/mol. The molecular formula is C7H17N2O2+. The van der Waals surface area contributed by atoms with Crippen molar-refractivity contribution in [1.29, 1.82) is 0 Å². The van der Waals surface area contributed by atoms with E-state index in [0.29, 0.717) is 6.42 Å². The molecule has 1 atom stereocenters. The summed E-state index contributed by atoms with van der Waals surface area (Å²) in [6.45, 7) is 0.785. The van der Waals surface area contributed by atoms with E-state index in [0.717, 1.165) is 11.0 Å². The van der Waals surface area contributed by atoms with Crippen LogP contribution in [0.5, 0.6) is 0 Å². The van der Waals surface area contributed by atoms with E-state index in [2.05, 4.69) is 0 Å². The van der Waals surface area contributed by atoms with Crippen molar-refractivity contribution in [3.8, 4) is 0 Å². The minimum atomic E-state index is -0.918. The Kier molecular flexibility index (Phi) is 3.48. The second-order valence-corrected chi connectivity index (χ2v) is 3.75. The normalized spacial score (nSPS) is 14.5. The molecule has 0 saturated carbocycles. The number of nitrogens with two attached hydrogens (primary N) is 1. The first-order chi connectivity index (χ1) is 4.83.